The molecule has 0 bridgehead atoms. The first kappa shape index (κ1) is 12.8. The number of hydrogen-bond acceptors (Lipinski definition) is 4. The third-order valence-electron chi connectivity index (χ3n) is 2.44. The van der Waals surface area contributed by atoms with Crippen molar-refractivity contribution in [3.63, 3.8) is 0 Å². The molecule has 6 nitrogen and oxygen atoms in total. The molecule has 6 heteroatoms. The maximum absolute atomic E-state index is 11.5. The van der Waals surface area contributed by atoms with Crippen molar-refractivity contribution in [2.24, 2.45) is 0 Å². The van der Waals surface area contributed by atoms with Crippen molar-refractivity contribution in [1.29, 1.82) is 0 Å². The van der Waals surface area contributed by atoms with Crippen molar-refractivity contribution in [1.82, 2.24) is 10.2 Å². The number of nitrogens with one attached hydrogen (secondary N) is 1. The van der Waals surface area contributed by atoms with Gasteiger partial charge < -0.3 is 20.1 Å². The number of urea groups is 1. The molecule has 0 aromatic heterocycles. The topological polar surface area (TPSA) is 78.9 Å². The van der Waals surface area contributed by atoms with Gasteiger partial charge in [-0.1, -0.05) is 0 Å². The maximum atomic E-state index is 11.5. The van der Waals surface area contributed by atoms with Crippen LogP contribution in [0.4, 0.5) is 4.79 Å². The van der Waals surface area contributed by atoms with E-state index in [1.165, 1.54) is 0 Å². The van der Waals surface area contributed by atoms with Gasteiger partial charge >= 0.3 is 12.0 Å². The largest absolute Gasteiger partial charge is 0.465 e. The van der Waals surface area contributed by atoms with Gasteiger partial charge in [0.25, 0.3) is 0 Å². The Morgan fingerprint density at radius 3 is 2.62 bits per heavy atom. The molecule has 0 saturated carbocycles. The molecule has 0 aliphatic carbocycles. The van der Waals surface area contributed by atoms with Crippen molar-refractivity contribution in [3.8, 4) is 0 Å². The van der Waals surface area contributed by atoms with E-state index in [-0.39, 0.29) is 18.7 Å². The first-order valence-corrected chi connectivity index (χ1v) is 5.50. The summed E-state index contributed by atoms with van der Waals surface area (Å²) in [6, 6.07) is -0.278. The summed E-state index contributed by atoms with van der Waals surface area (Å²) in [5, 5.41) is 11.7. The predicted molar refractivity (Wildman–Crippen MR) is 56.8 cm³/mol. The SMILES string of the molecule is CCOC(=O)CNC(=O)N1CCC(O)CC1. The molecule has 1 heterocycles. The van der Waals surface area contributed by atoms with E-state index >= 15 is 0 Å². The number of amides is 2. The van der Waals surface area contributed by atoms with Gasteiger partial charge in [0.05, 0.1) is 12.7 Å². The number of ether oxygens (including phenoxy) is 1. The van der Waals surface area contributed by atoms with Gasteiger partial charge in [-0.2, -0.15) is 0 Å². The quantitative estimate of drug-likeness (QED) is 0.653. The summed E-state index contributed by atoms with van der Waals surface area (Å²) < 4.78 is 4.68. The van der Waals surface area contributed by atoms with Crippen LogP contribution in [0.25, 0.3) is 0 Å². The van der Waals surface area contributed by atoms with E-state index in [0.29, 0.717) is 32.5 Å². The van der Waals surface area contributed by atoms with E-state index in [4.69, 9.17) is 0 Å². The number of likely N-dealkylation sites (tertiary alicyclic amines) is 1. The highest BCUT2D eigenvalue weighted by Gasteiger charge is 2.21. The van der Waals surface area contributed by atoms with E-state index in [9.17, 15) is 14.7 Å². The number of carbonyl (C=O) groups is 2. The Hall–Kier alpha value is -1.30. The summed E-state index contributed by atoms with van der Waals surface area (Å²) in [5.74, 6) is -0.437. The van der Waals surface area contributed by atoms with Crippen LogP contribution in [-0.4, -0.2) is 54.4 Å². The van der Waals surface area contributed by atoms with E-state index < -0.39 is 5.97 Å². The summed E-state index contributed by atoms with van der Waals surface area (Å²) in [6.07, 6.45) is 0.869. The minimum Gasteiger partial charge on any atom is -0.465 e. The second-order valence-corrected chi connectivity index (χ2v) is 3.68. The Kier molecular flexibility index (Phi) is 5.04. The minimum atomic E-state index is -0.437. The smallest absolute Gasteiger partial charge is 0.325 e. The normalized spacial score (nSPS) is 17.0. The molecule has 0 spiro atoms. The summed E-state index contributed by atoms with van der Waals surface area (Å²) in [4.78, 5) is 24.1. The van der Waals surface area contributed by atoms with Crippen molar-refractivity contribution < 1.29 is 19.4 Å². The Morgan fingerprint density at radius 1 is 1.44 bits per heavy atom. The van der Waals surface area contributed by atoms with E-state index in [1.54, 1.807) is 11.8 Å². The molecule has 92 valence electrons. The van der Waals surface area contributed by atoms with Crippen LogP contribution in [0.15, 0.2) is 0 Å². The molecule has 1 aliphatic rings. The Labute approximate surface area is 94.6 Å². The van der Waals surface area contributed by atoms with Gasteiger partial charge in [0, 0.05) is 13.1 Å². The van der Waals surface area contributed by atoms with Gasteiger partial charge in [-0.25, -0.2) is 4.79 Å². The van der Waals surface area contributed by atoms with E-state index in [0.717, 1.165) is 0 Å². The number of nitrogens with zero attached hydrogens (tertiary/aromatic N) is 1. The number of carbonyl (C=O) groups excluding carboxylic acids is 2. The molecule has 0 atom stereocenters. The third-order valence-corrected chi connectivity index (χ3v) is 2.44. The summed E-state index contributed by atoms with van der Waals surface area (Å²) >= 11 is 0. The number of aliphatic hydroxyl groups excluding tert-OH is 1. The van der Waals surface area contributed by atoms with Crippen LogP contribution in [-0.2, 0) is 9.53 Å². The summed E-state index contributed by atoms with van der Waals surface area (Å²) in [7, 11) is 0. The third kappa shape index (κ3) is 4.06. The highest BCUT2D eigenvalue weighted by molar-refractivity contribution is 5.80. The summed E-state index contributed by atoms with van der Waals surface area (Å²) in [5.41, 5.74) is 0. The van der Waals surface area contributed by atoms with Crippen LogP contribution in [0.1, 0.15) is 19.8 Å². The highest BCUT2D eigenvalue weighted by Crippen LogP contribution is 2.09. The van der Waals surface area contributed by atoms with Crippen molar-refractivity contribution >= 4 is 12.0 Å². The van der Waals surface area contributed by atoms with Crippen molar-refractivity contribution in [2.75, 3.05) is 26.2 Å². The number of esters is 1. The lowest BCUT2D eigenvalue weighted by molar-refractivity contribution is -0.141. The molecule has 1 rings (SSSR count). The molecule has 1 fully saturated rings. The van der Waals surface area contributed by atoms with Crippen LogP contribution in [0, 0.1) is 0 Å². The molecule has 1 saturated heterocycles. The predicted octanol–water partition coefficient (Wildman–Crippen LogP) is -0.284. The number of piperidine rings is 1. The fourth-order valence-electron chi connectivity index (χ4n) is 1.54. The highest BCUT2D eigenvalue weighted by atomic mass is 16.5. The zero-order valence-electron chi connectivity index (χ0n) is 9.44. The number of rotatable bonds is 3. The van der Waals surface area contributed by atoms with Gasteiger partial charge in [-0.15, -0.1) is 0 Å². The molecule has 2 N–H and O–H groups in total. The standard InChI is InChI=1S/C10H18N2O4/c1-2-16-9(14)7-11-10(15)12-5-3-8(13)4-6-12/h8,13H,2-7H2,1H3,(H,11,15). The van der Waals surface area contributed by atoms with Gasteiger partial charge in [0.1, 0.15) is 6.54 Å². The van der Waals surface area contributed by atoms with Crippen LogP contribution in [0.3, 0.4) is 0 Å². The van der Waals surface area contributed by atoms with Crippen LogP contribution >= 0.6 is 0 Å². The average molecular weight is 230 g/mol. The van der Waals surface area contributed by atoms with Gasteiger partial charge in [-0.05, 0) is 19.8 Å². The van der Waals surface area contributed by atoms with Crippen LogP contribution in [0.2, 0.25) is 0 Å². The molecule has 0 radical (unpaired) electrons. The van der Waals surface area contributed by atoms with Gasteiger partial charge in [0.15, 0.2) is 0 Å². The Balaban J connectivity index is 2.22. The molecular weight excluding hydrogens is 212 g/mol. The maximum Gasteiger partial charge on any atom is 0.325 e. The van der Waals surface area contributed by atoms with Crippen molar-refractivity contribution in [3.05, 3.63) is 0 Å². The summed E-state index contributed by atoms with van der Waals surface area (Å²) in [6.45, 7) is 2.97. The van der Waals surface area contributed by atoms with Gasteiger partial charge in [-0.3, -0.25) is 4.79 Å². The first-order valence-electron chi connectivity index (χ1n) is 5.50. The molecule has 2 amide bonds. The number of aliphatic hydroxyl groups is 1. The molecular formula is C10H18N2O4. The zero-order chi connectivity index (χ0) is 12.0. The van der Waals surface area contributed by atoms with E-state index in [1.807, 2.05) is 0 Å². The molecule has 1 aliphatic heterocycles. The Bertz CT molecular complexity index is 249. The monoisotopic (exact) mass is 230 g/mol. The van der Waals surface area contributed by atoms with Crippen LogP contribution in [0.5, 0.6) is 0 Å². The number of hydrogen-bond donors (Lipinski definition) is 2. The minimum absolute atomic E-state index is 0.105. The first-order chi connectivity index (χ1) is 7.63. The molecule has 0 unspecified atom stereocenters. The Morgan fingerprint density at radius 2 is 2.06 bits per heavy atom. The lowest BCUT2D eigenvalue weighted by atomic mass is 10.1. The zero-order valence-corrected chi connectivity index (χ0v) is 9.44. The molecule has 16 heavy (non-hydrogen) atoms. The average Bonchev–Trinajstić information content (AvgIpc) is 2.27. The van der Waals surface area contributed by atoms with Gasteiger partial charge in [0.2, 0.25) is 0 Å². The fourth-order valence-corrected chi connectivity index (χ4v) is 1.54. The lowest BCUT2D eigenvalue weighted by Gasteiger charge is -2.29. The van der Waals surface area contributed by atoms with Crippen molar-refractivity contribution in [2.45, 2.75) is 25.9 Å². The lowest BCUT2D eigenvalue weighted by Crippen LogP contribution is -2.46. The second kappa shape index (κ2) is 6.32. The molecule has 0 aromatic carbocycles. The molecule has 0 aromatic rings. The van der Waals surface area contributed by atoms with E-state index in [2.05, 4.69) is 10.1 Å². The fraction of sp³-hybridized carbons (Fsp3) is 0.800. The second-order valence-electron chi connectivity index (χ2n) is 3.68. The van der Waals surface area contributed by atoms with Crippen LogP contribution < -0.4 is 5.32 Å².